The number of anilines is 1. The number of amides is 1. The van der Waals surface area contributed by atoms with Crippen LogP contribution in [0.1, 0.15) is 23.7 Å². The molecule has 1 atom stereocenters. The summed E-state index contributed by atoms with van der Waals surface area (Å²) < 4.78 is 1.98. The third-order valence-electron chi connectivity index (χ3n) is 4.51. The molecule has 5 nitrogen and oxygen atoms in total. The van der Waals surface area contributed by atoms with Gasteiger partial charge in [-0.15, -0.1) is 0 Å². The van der Waals surface area contributed by atoms with Gasteiger partial charge in [0, 0.05) is 18.7 Å². The van der Waals surface area contributed by atoms with E-state index in [2.05, 4.69) is 10.3 Å². The Balaban J connectivity index is 1.74. The van der Waals surface area contributed by atoms with Crippen molar-refractivity contribution in [3.8, 4) is 0 Å². The van der Waals surface area contributed by atoms with E-state index in [1.807, 2.05) is 60.0 Å². The van der Waals surface area contributed by atoms with Crippen LogP contribution in [-0.4, -0.2) is 21.2 Å². The molecule has 3 aromatic rings. The third kappa shape index (κ3) is 2.29. The minimum atomic E-state index is -0.856. The van der Waals surface area contributed by atoms with Crippen LogP contribution in [0, 0.1) is 6.92 Å². The summed E-state index contributed by atoms with van der Waals surface area (Å²) in [5.74, 6) is -0.710. The molecule has 2 heterocycles. The molecule has 120 valence electrons. The molecule has 5 heteroatoms. The van der Waals surface area contributed by atoms with Crippen LogP contribution < -0.4 is 5.32 Å². The Morgan fingerprint density at radius 2 is 1.92 bits per heavy atom. The third-order valence-corrected chi connectivity index (χ3v) is 4.51. The maximum absolute atomic E-state index is 12.8. The summed E-state index contributed by atoms with van der Waals surface area (Å²) in [6.45, 7) is 2.50. The second kappa shape index (κ2) is 5.60. The maximum atomic E-state index is 12.8. The number of carbonyl (C=O) groups excluding carboxylic acids is 2. The summed E-state index contributed by atoms with van der Waals surface area (Å²) in [4.78, 5) is 29.8. The quantitative estimate of drug-likeness (QED) is 0.738. The van der Waals surface area contributed by atoms with Gasteiger partial charge in [0.05, 0.1) is 11.0 Å². The second-order valence-electron chi connectivity index (χ2n) is 6.06. The topological polar surface area (TPSA) is 64.0 Å². The van der Waals surface area contributed by atoms with Crippen molar-refractivity contribution in [2.24, 2.45) is 0 Å². The fraction of sp³-hybridized carbons (Fsp3) is 0.211. The first-order valence-corrected chi connectivity index (χ1v) is 7.99. The highest BCUT2D eigenvalue weighted by atomic mass is 16.2. The lowest BCUT2D eigenvalue weighted by Gasteiger charge is -2.22. The van der Waals surface area contributed by atoms with E-state index in [-0.39, 0.29) is 11.7 Å². The van der Waals surface area contributed by atoms with Gasteiger partial charge < -0.3 is 9.88 Å². The minimum Gasteiger partial charge on any atom is -0.326 e. The molecule has 4 rings (SSSR count). The van der Waals surface area contributed by atoms with Crippen LogP contribution >= 0.6 is 0 Å². The van der Waals surface area contributed by atoms with Crippen molar-refractivity contribution in [1.82, 2.24) is 9.55 Å². The van der Waals surface area contributed by atoms with Crippen molar-refractivity contribution in [2.45, 2.75) is 25.8 Å². The van der Waals surface area contributed by atoms with E-state index in [0.717, 1.165) is 22.3 Å². The first kappa shape index (κ1) is 14.6. The highest BCUT2D eigenvalue weighted by Gasteiger charge is 2.36. The van der Waals surface area contributed by atoms with Crippen molar-refractivity contribution >= 4 is 28.4 Å². The summed E-state index contributed by atoms with van der Waals surface area (Å²) in [6.07, 6.45) is 0.346. The average molecular weight is 319 g/mol. The lowest BCUT2D eigenvalue weighted by molar-refractivity contribution is -0.128. The molecular weight excluding hydrogens is 302 g/mol. The number of carbonyl (C=O) groups is 2. The van der Waals surface area contributed by atoms with Crippen LogP contribution in [0.2, 0.25) is 0 Å². The Morgan fingerprint density at radius 1 is 1.17 bits per heavy atom. The zero-order chi connectivity index (χ0) is 16.7. The van der Waals surface area contributed by atoms with Gasteiger partial charge in [-0.2, -0.15) is 0 Å². The van der Waals surface area contributed by atoms with Gasteiger partial charge in [0.25, 0.3) is 0 Å². The summed E-state index contributed by atoms with van der Waals surface area (Å²) >= 11 is 0. The van der Waals surface area contributed by atoms with E-state index < -0.39 is 5.92 Å². The number of benzene rings is 2. The molecule has 0 radical (unpaired) electrons. The normalized spacial score (nSPS) is 16.9. The number of nitrogens with one attached hydrogen (secondary N) is 1. The van der Waals surface area contributed by atoms with Gasteiger partial charge in [0.15, 0.2) is 11.7 Å². The number of Topliss-reactive ketones (excluding diaryl/α,β-unsaturated/α-hetero) is 1. The van der Waals surface area contributed by atoms with Crippen molar-refractivity contribution in [3.63, 3.8) is 0 Å². The maximum Gasteiger partial charge on any atom is 0.242 e. The highest BCUT2D eigenvalue weighted by molar-refractivity contribution is 6.12. The van der Waals surface area contributed by atoms with Gasteiger partial charge >= 0.3 is 0 Å². The Morgan fingerprint density at radius 3 is 2.75 bits per heavy atom. The van der Waals surface area contributed by atoms with E-state index in [9.17, 15) is 9.59 Å². The number of imidazole rings is 1. The van der Waals surface area contributed by atoms with Gasteiger partial charge in [-0.05, 0) is 30.7 Å². The number of nitrogens with zero attached hydrogens (tertiary/aromatic N) is 2. The van der Waals surface area contributed by atoms with Crippen LogP contribution in [-0.2, 0) is 16.1 Å². The van der Waals surface area contributed by atoms with Gasteiger partial charge in [0.1, 0.15) is 5.82 Å². The lowest BCUT2D eigenvalue weighted by atomic mass is 9.96. The van der Waals surface area contributed by atoms with Gasteiger partial charge in [-0.3, -0.25) is 9.59 Å². The van der Waals surface area contributed by atoms with Crippen molar-refractivity contribution < 1.29 is 9.59 Å². The molecule has 1 amide bonds. The standard InChI is InChI=1S/C19H17N3O2/c1-12-6-2-3-7-13(12)21-19(24)17-16(23)10-11-22-15-9-5-4-8-14(15)20-18(17)22/h2-9,17H,10-11H2,1H3,(H,21,24). The summed E-state index contributed by atoms with van der Waals surface area (Å²) in [7, 11) is 0. The van der Waals surface area contributed by atoms with Crippen LogP contribution in [0.5, 0.6) is 0 Å². The molecule has 1 unspecified atom stereocenters. The molecular formula is C19H17N3O2. The Hall–Kier alpha value is -2.95. The molecule has 24 heavy (non-hydrogen) atoms. The fourth-order valence-electron chi connectivity index (χ4n) is 3.24. The molecule has 1 aromatic heterocycles. The van der Waals surface area contributed by atoms with Crippen molar-refractivity contribution in [3.05, 3.63) is 59.9 Å². The molecule has 0 aliphatic carbocycles. The van der Waals surface area contributed by atoms with Crippen LogP contribution in [0.15, 0.2) is 48.5 Å². The number of hydrogen-bond donors (Lipinski definition) is 1. The van der Waals surface area contributed by atoms with Crippen molar-refractivity contribution in [1.29, 1.82) is 0 Å². The monoisotopic (exact) mass is 319 g/mol. The molecule has 1 N–H and O–H groups in total. The number of fused-ring (bicyclic) bond motifs is 3. The number of para-hydroxylation sites is 3. The Bertz CT molecular complexity index is 958. The molecule has 2 aromatic carbocycles. The fourth-order valence-corrected chi connectivity index (χ4v) is 3.24. The molecule has 0 spiro atoms. The summed E-state index contributed by atoms with van der Waals surface area (Å²) in [5, 5.41) is 2.88. The number of ketones is 1. The number of aryl methyl sites for hydroxylation is 2. The first-order chi connectivity index (χ1) is 11.6. The van der Waals surface area contributed by atoms with Gasteiger partial charge in [-0.25, -0.2) is 4.98 Å². The van der Waals surface area contributed by atoms with Gasteiger partial charge in [0.2, 0.25) is 5.91 Å². The zero-order valence-corrected chi connectivity index (χ0v) is 13.3. The lowest BCUT2D eigenvalue weighted by Crippen LogP contribution is -2.34. The van der Waals surface area contributed by atoms with E-state index in [1.165, 1.54) is 0 Å². The first-order valence-electron chi connectivity index (χ1n) is 7.99. The highest BCUT2D eigenvalue weighted by Crippen LogP contribution is 2.29. The number of hydrogen-bond acceptors (Lipinski definition) is 3. The number of rotatable bonds is 2. The second-order valence-corrected chi connectivity index (χ2v) is 6.06. The summed E-state index contributed by atoms with van der Waals surface area (Å²) in [5.41, 5.74) is 3.47. The molecule has 0 saturated heterocycles. The van der Waals surface area contributed by atoms with Crippen LogP contribution in [0.25, 0.3) is 11.0 Å². The Kier molecular flexibility index (Phi) is 3.41. The molecule has 1 aliphatic rings. The minimum absolute atomic E-state index is 0.0797. The Labute approximate surface area is 139 Å². The number of aromatic nitrogens is 2. The van der Waals surface area contributed by atoms with E-state index in [1.54, 1.807) is 0 Å². The predicted molar refractivity (Wildman–Crippen MR) is 91.9 cm³/mol. The smallest absolute Gasteiger partial charge is 0.242 e. The molecule has 0 bridgehead atoms. The van der Waals surface area contributed by atoms with E-state index >= 15 is 0 Å². The molecule has 1 aliphatic heterocycles. The SMILES string of the molecule is Cc1ccccc1NC(=O)C1C(=O)CCn2c1nc1ccccc12. The van der Waals surface area contributed by atoms with Crippen LogP contribution in [0.4, 0.5) is 5.69 Å². The predicted octanol–water partition coefficient (Wildman–Crippen LogP) is 3.04. The largest absolute Gasteiger partial charge is 0.326 e. The van der Waals surface area contributed by atoms with E-state index in [4.69, 9.17) is 0 Å². The molecule has 0 saturated carbocycles. The summed E-state index contributed by atoms with van der Waals surface area (Å²) in [6, 6.07) is 15.3. The molecule has 0 fully saturated rings. The van der Waals surface area contributed by atoms with Crippen molar-refractivity contribution in [2.75, 3.05) is 5.32 Å². The zero-order valence-electron chi connectivity index (χ0n) is 13.3. The average Bonchev–Trinajstić information content (AvgIpc) is 2.95. The van der Waals surface area contributed by atoms with Crippen LogP contribution in [0.3, 0.4) is 0 Å². The van der Waals surface area contributed by atoms with E-state index in [0.29, 0.717) is 18.8 Å². The van der Waals surface area contributed by atoms with Gasteiger partial charge in [-0.1, -0.05) is 30.3 Å².